The van der Waals surface area contributed by atoms with Crippen molar-refractivity contribution < 1.29 is 9.53 Å². The number of carbonyl (C=O) groups is 1. The molecule has 0 radical (unpaired) electrons. The fraction of sp³-hybridized carbons (Fsp3) is 0.375. The van der Waals surface area contributed by atoms with E-state index in [0.717, 1.165) is 30.2 Å². The van der Waals surface area contributed by atoms with Crippen molar-refractivity contribution in [1.29, 1.82) is 0 Å². The lowest BCUT2D eigenvalue weighted by Crippen LogP contribution is -2.23. The van der Waals surface area contributed by atoms with E-state index < -0.39 is 11.5 Å². The number of unbranched alkanes of at least 4 members (excludes halogenated alkanes) is 2. The molecule has 1 heterocycles. The lowest BCUT2D eigenvalue weighted by Gasteiger charge is -2.12. The van der Waals surface area contributed by atoms with Crippen LogP contribution in [0.4, 0.5) is 0 Å². The number of amides is 1. The Labute approximate surface area is 123 Å². The predicted molar refractivity (Wildman–Crippen MR) is 82.8 cm³/mol. The fourth-order valence-electron chi connectivity index (χ4n) is 2.25. The number of carbonyl (C=O) groups excluding carboxylic acids is 1. The minimum Gasteiger partial charge on any atom is -0.491 e. The maximum atomic E-state index is 11.9. The molecule has 5 nitrogen and oxygen atoms in total. The first-order valence-electron chi connectivity index (χ1n) is 7.13. The van der Waals surface area contributed by atoms with Gasteiger partial charge in [0.15, 0.2) is 0 Å². The van der Waals surface area contributed by atoms with Crippen LogP contribution in [0.2, 0.25) is 0 Å². The summed E-state index contributed by atoms with van der Waals surface area (Å²) >= 11 is 0. The van der Waals surface area contributed by atoms with Crippen molar-refractivity contribution >= 4 is 16.8 Å². The van der Waals surface area contributed by atoms with Crippen molar-refractivity contribution in [3.63, 3.8) is 0 Å². The Hall–Kier alpha value is -2.30. The maximum absolute atomic E-state index is 11.9. The molecule has 0 saturated heterocycles. The number of pyridine rings is 1. The van der Waals surface area contributed by atoms with Crippen LogP contribution in [0.25, 0.3) is 10.9 Å². The van der Waals surface area contributed by atoms with Gasteiger partial charge in [0.05, 0.1) is 12.1 Å². The first-order valence-corrected chi connectivity index (χ1v) is 7.13. The number of hydrogen-bond acceptors (Lipinski definition) is 3. The number of rotatable bonds is 6. The normalized spacial score (nSPS) is 10.8. The molecular weight excluding hydrogens is 268 g/mol. The topological polar surface area (TPSA) is 85.2 Å². The van der Waals surface area contributed by atoms with Gasteiger partial charge in [-0.25, -0.2) is 0 Å². The number of fused-ring (bicyclic) bond motifs is 1. The summed E-state index contributed by atoms with van der Waals surface area (Å²) in [4.78, 5) is 25.8. The van der Waals surface area contributed by atoms with Crippen LogP contribution in [0, 0.1) is 6.92 Å². The lowest BCUT2D eigenvalue weighted by molar-refractivity contribution is 0.0999. The second-order valence-electron chi connectivity index (χ2n) is 5.11. The zero-order chi connectivity index (χ0) is 15.4. The third-order valence-corrected chi connectivity index (χ3v) is 3.43. The Morgan fingerprint density at radius 2 is 2.10 bits per heavy atom. The summed E-state index contributed by atoms with van der Waals surface area (Å²) in [5.41, 5.74) is 6.23. The molecule has 5 heteroatoms. The number of H-pyrrole nitrogens is 1. The average molecular weight is 288 g/mol. The van der Waals surface area contributed by atoms with E-state index in [2.05, 4.69) is 11.9 Å². The molecule has 21 heavy (non-hydrogen) atoms. The van der Waals surface area contributed by atoms with E-state index in [1.807, 2.05) is 19.1 Å². The van der Waals surface area contributed by atoms with Crippen molar-refractivity contribution in [3.05, 3.63) is 39.7 Å². The van der Waals surface area contributed by atoms with Gasteiger partial charge in [-0.3, -0.25) is 9.59 Å². The number of primary amides is 1. The summed E-state index contributed by atoms with van der Waals surface area (Å²) in [6.45, 7) is 4.66. The summed E-state index contributed by atoms with van der Waals surface area (Å²) in [5, 5.41) is 0.736. The van der Waals surface area contributed by atoms with Gasteiger partial charge >= 0.3 is 0 Å². The van der Waals surface area contributed by atoms with Crippen LogP contribution in [0.15, 0.2) is 23.0 Å². The second kappa shape index (κ2) is 6.43. The van der Waals surface area contributed by atoms with E-state index in [9.17, 15) is 9.59 Å². The van der Waals surface area contributed by atoms with E-state index in [4.69, 9.17) is 10.5 Å². The molecule has 1 aromatic carbocycles. The molecule has 0 aliphatic heterocycles. The molecule has 1 amide bonds. The van der Waals surface area contributed by atoms with Crippen LogP contribution in [-0.2, 0) is 0 Å². The van der Waals surface area contributed by atoms with Gasteiger partial charge in [0.2, 0.25) is 0 Å². The molecule has 0 spiro atoms. The Balaban J connectivity index is 2.44. The number of ether oxygens (including phenoxy) is 1. The number of hydrogen-bond donors (Lipinski definition) is 2. The molecule has 112 valence electrons. The Bertz CT molecular complexity index is 719. The van der Waals surface area contributed by atoms with Gasteiger partial charge in [0.25, 0.3) is 11.5 Å². The fourth-order valence-corrected chi connectivity index (χ4v) is 2.25. The summed E-state index contributed by atoms with van der Waals surface area (Å²) in [6, 6.07) is 5.25. The highest BCUT2D eigenvalue weighted by Crippen LogP contribution is 2.27. The predicted octanol–water partition coefficient (Wildman–Crippen LogP) is 2.50. The van der Waals surface area contributed by atoms with Crippen molar-refractivity contribution in [2.45, 2.75) is 33.1 Å². The highest BCUT2D eigenvalue weighted by atomic mass is 16.5. The van der Waals surface area contributed by atoms with Crippen molar-refractivity contribution in [1.82, 2.24) is 4.98 Å². The lowest BCUT2D eigenvalue weighted by atomic mass is 10.1. The number of aromatic nitrogens is 1. The first-order chi connectivity index (χ1) is 10.0. The van der Waals surface area contributed by atoms with Crippen molar-refractivity contribution in [2.75, 3.05) is 6.61 Å². The number of nitrogens with one attached hydrogen (secondary N) is 1. The smallest absolute Gasteiger partial charge is 0.261 e. The van der Waals surface area contributed by atoms with Gasteiger partial charge in [0.1, 0.15) is 11.3 Å². The van der Waals surface area contributed by atoms with E-state index in [1.54, 1.807) is 0 Å². The standard InChI is InChI=1S/C16H20N2O3/c1-3-4-5-8-21-14-10(2)6-7-11-9-12(15(17)19)16(20)18-13(11)14/h6-7,9H,3-5,8H2,1-2H3,(H2,17,19)(H,18,20). The molecule has 2 rings (SSSR count). The monoisotopic (exact) mass is 288 g/mol. The molecular formula is C16H20N2O3. The Kier molecular flexibility index (Phi) is 4.62. The zero-order valence-electron chi connectivity index (χ0n) is 12.4. The third-order valence-electron chi connectivity index (χ3n) is 3.43. The van der Waals surface area contributed by atoms with Crippen LogP contribution in [0.5, 0.6) is 5.75 Å². The highest BCUT2D eigenvalue weighted by molar-refractivity contribution is 5.97. The maximum Gasteiger partial charge on any atom is 0.261 e. The minimum absolute atomic E-state index is 0.0386. The van der Waals surface area contributed by atoms with E-state index in [1.165, 1.54) is 6.07 Å². The summed E-state index contributed by atoms with van der Waals surface area (Å²) in [7, 11) is 0. The quantitative estimate of drug-likeness (QED) is 0.801. The molecule has 0 fully saturated rings. The number of aryl methyl sites for hydroxylation is 1. The van der Waals surface area contributed by atoms with Gasteiger partial charge in [-0.05, 0) is 25.0 Å². The van der Waals surface area contributed by atoms with Crippen molar-refractivity contribution in [3.8, 4) is 5.75 Å². The molecule has 0 saturated carbocycles. The van der Waals surface area contributed by atoms with Gasteiger partial charge in [-0.1, -0.05) is 31.9 Å². The molecule has 0 unspecified atom stereocenters. The SMILES string of the molecule is CCCCCOc1c(C)ccc2cc(C(N)=O)c(=O)[nH]c12. The summed E-state index contributed by atoms with van der Waals surface area (Å²) in [5.74, 6) is -0.0686. The number of nitrogens with two attached hydrogens (primary N) is 1. The zero-order valence-corrected chi connectivity index (χ0v) is 12.4. The highest BCUT2D eigenvalue weighted by Gasteiger charge is 2.12. The first kappa shape index (κ1) is 15.1. The molecule has 0 atom stereocenters. The van der Waals surface area contributed by atoms with Gasteiger partial charge in [-0.15, -0.1) is 0 Å². The number of benzene rings is 1. The van der Waals surface area contributed by atoms with Crippen LogP contribution in [-0.4, -0.2) is 17.5 Å². The van der Waals surface area contributed by atoms with Gasteiger partial charge in [0, 0.05) is 5.39 Å². The average Bonchev–Trinajstić information content (AvgIpc) is 2.44. The van der Waals surface area contributed by atoms with E-state index in [-0.39, 0.29) is 5.56 Å². The molecule has 0 aliphatic rings. The van der Waals surface area contributed by atoms with Crippen LogP contribution >= 0.6 is 0 Å². The number of aromatic amines is 1. The molecule has 1 aromatic heterocycles. The Morgan fingerprint density at radius 1 is 1.33 bits per heavy atom. The second-order valence-corrected chi connectivity index (χ2v) is 5.11. The third kappa shape index (κ3) is 3.24. The largest absolute Gasteiger partial charge is 0.491 e. The van der Waals surface area contributed by atoms with Crippen LogP contribution in [0.1, 0.15) is 42.1 Å². The van der Waals surface area contributed by atoms with Gasteiger partial charge in [-0.2, -0.15) is 0 Å². The minimum atomic E-state index is -0.732. The van der Waals surface area contributed by atoms with Crippen LogP contribution < -0.4 is 16.0 Å². The Morgan fingerprint density at radius 3 is 2.76 bits per heavy atom. The molecule has 0 bridgehead atoms. The molecule has 3 N–H and O–H groups in total. The molecule has 2 aromatic rings. The summed E-state index contributed by atoms with van der Waals surface area (Å²) in [6.07, 6.45) is 3.19. The van der Waals surface area contributed by atoms with Crippen molar-refractivity contribution in [2.24, 2.45) is 5.73 Å². The van der Waals surface area contributed by atoms with E-state index >= 15 is 0 Å². The summed E-state index contributed by atoms with van der Waals surface area (Å²) < 4.78 is 5.82. The van der Waals surface area contributed by atoms with Crippen LogP contribution in [0.3, 0.4) is 0 Å². The van der Waals surface area contributed by atoms with E-state index in [0.29, 0.717) is 17.9 Å². The van der Waals surface area contributed by atoms with Gasteiger partial charge < -0.3 is 15.5 Å². The molecule has 0 aliphatic carbocycles.